The van der Waals surface area contributed by atoms with Gasteiger partial charge in [-0.15, -0.1) is 0 Å². The molecule has 0 aliphatic carbocycles. The zero-order valence-corrected chi connectivity index (χ0v) is 14.0. The van der Waals surface area contributed by atoms with E-state index in [-0.39, 0.29) is 18.6 Å². The zero-order valence-electron chi connectivity index (χ0n) is 12.4. The third kappa shape index (κ3) is 5.75. The summed E-state index contributed by atoms with van der Waals surface area (Å²) in [6.45, 7) is 3.69. The molecular weight excluding hydrogens is 338 g/mol. The highest BCUT2D eigenvalue weighted by Gasteiger charge is 2.13. The van der Waals surface area contributed by atoms with Gasteiger partial charge in [0.05, 0.1) is 17.1 Å². The fourth-order valence-electron chi connectivity index (χ4n) is 1.83. The maximum Gasteiger partial charge on any atom is 0.338 e. The molecule has 0 heterocycles. The second-order valence-electron chi connectivity index (χ2n) is 4.68. The van der Waals surface area contributed by atoms with Gasteiger partial charge in [0.2, 0.25) is 0 Å². The molecule has 1 atom stereocenters. The number of carbonyl (C=O) groups is 2. The normalized spacial score (nSPS) is 11.6. The number of ether oxygens (including phenoxy) is 2. The number of hydrogen-bond acceptors (Lipinski definition) is 4. The van der Waals surface area contributed by atoms with Gasteiger partial charge in [-0.2, -0.15) is 0 Å². The number of esters is 1. The minimum absolute atomic E-state index is 0.0799. The lowest BCUT2D eigenvalue weighted by Gasteiger charge is -2.13. The van der Waals surface area contributed by atoms with Gasteiger partial charge in [0, 0.05) is 6.04 Å². The molecule has 116 valence electrons. The van der Waals surface area contributed by atoms with Crippen LogP contribution in [0.3, 0.4) is 0 Å². The van der Waals surface area contributed by atoms with Gasteiger partial charge in [-0.05, 0) is 47.5 Å². The molecule has 0 fully saturated rings. The average molecular weight is 358 g/mol. The van der Waals surface area contributed by atoms with Gasteiger partial charge >= 0.3 is 5.97 Å². The summed E-state index contributed by atoms with van der Waals surface area (Å²) in [5.41, 5.74) is 0.358. The van der Waals surface area contributed by atoms with Gasteiger partial charge in [-0.1, -0.05) is 13.3 Å². The number of methoxy groups -OCH3 is 1. The van der Waals surface area contributed by atoms with Crippen molar-refractivity contribution in [2.45, 2.75) is 32.7 Å². The topological polar surface area (TPSA) is 64.6 Å². The molecule has 1 aromatic rings. The second kappa shape index (κ2) is 8.67. The van der Waals surface area contributed by atoms with Crippen molar-refractivity contribution in [2.24, 2.45) is 0 Å². The van der Waals surface area contributed by atoms with E-state index in [1.165, 1.54) is 0 Å². The molecule has 0 aliphatic rings. The number of halogens is 1. The highest BCUT2D eigenvalue weighted by atomic mass is 79.9. The fourth-order valence-corrected chi connectivity index (χ4v) is 2.37. The molecule has 1 amide bonds. The predicted octanol–water partition coefficient (Wildman–Crippen LogP) is 2.92. The van der Waals surface area contributed by atoms with Crippen LogP contribution in [0.15, 0.2) is 22.7 Å². The van der Waals surface area contributed by atoms with Crippen molar-refractivity contribution in [3.8, 4) is 5.75 Å². The first-order chi connectivity index (χ1) is 9.97. The molecule has 1 N–H and O–H groups in total. The average Bonchev–Trinajstić information content (AvgIpc) is 2.44. The molecular formula is C15H20BrNO4. The molecule has 0 saturated heterocycles. The van der Waals surface area contributed by atoms with E-state index in [1.807, 2.05) is 13.8 Å². The van der Waals surface area contributed by atoms with Crippen molar-refractivity contribution in [1.29, 1.82) is 0 Å². The second-order valence-corrected chi connectivity index (χ2v) is 5.54. The maximum atomic E-state index is 11.8. The van der Waals surface area contributed by atoms with Gasteiger partial charge in [0.25, 0.3) is 5.91 Å². The lowest BCUT2D eigenvalue weighted by molar-refractivity contribution is -0.124. The van der Waals surface area contributed by atoms with Crippen LogP contribution in [-0.4, -0.2) is 31.6 Å². The van der Waals surface area contributed by atoms with Crippen molar-refractivity contribution in [2.75, 3.05) is 13.7 Å². The Morgan fingerprint density at radius 1 is 1.38 bits per heavy atom. The maximum absolute atomic E-state index is 11.8. The van der Waals surface area contributed by atoms with Crippen LogP contribution >= 0.6 is 15.9 Å². The number of hydrogen-bond donors (Lipinski definition) is 1. The van der Waals surface area contributed by atoms with Crippen LogP contribution in [-0.2, 0) is 9.53 Å². The number of carbonyl (C=O) groups excluding carboxylic acids is 2. The van der Waals surface area contributed by atoms with E-state index in [2.05, 4.69) is 21.2 Å². The lowest BCUT2D eigenvalue weighted by atomic mass is 10.2. The molecule has 0 spiro atoms. The van der Waals surface area contributed by atoms with Crippen molar-refractivity contribution < 1.29 is 19.1 Å². The summed E-state index contributed by atoms with van der Waals surface area (Å²) in [5, 5.41) is 2.77. The number of nitrogens with one attached hydrogen (secondary N) is 1. The Hall–Kier alpha value is -1.56. The molecule has 0 aliphatic heterocycles. The number of benzene rings is 1. The van der Waals surface area contributed by atoms with Crippen molar-refractivity contribution >= 4 is 27.8 Å². The SMILES string of the molecule is CCC[C@@H](C)NC(=O)COC(=O)c1ccc(OC)c(Br)c1. The first-order valence-electron chi connectivity index (χ1n) is 6.78. The van der Waals surface area contributed by atoms with Gasteiger partial charge < -0.3 is 14.8 Å². The Kier molecular flexibility index (Phi) is 7.22. The van der Waals surface area contributed by atoms with E-state index < -0.39 is 5.97 Å². The van der Waals surface area contributed by atoms with Gasteiger partial charge in [-0.25, -0.2) is 4.79 Å². The smallest absolute Gasteiger partial charge is 0.338 e. The molecule has 0 saturated carbocycles. The quantitative estimate of drug-likeness (QED) is 0.762. The summed E-state index contributed by atoms with van der Waals surface area (Å²) in [6.07, 6.45) is 1.88. The molecule has 1 aromatic carbocycles. The van der Waals surface area contributed by atoms with Crippen LogP contribution in [0.5, 0.6) is 5.75 Å². The Labute approximate surface area is 133 Å². The predicted molar refractivity (Wildman–Crippen MR) is 83.5 cm³/mol. The van der Waals surface area contributed by atoms with Crippen LogP contribution in [0.1, 0.15) is 37.0 Å². The summed E-state index contributed by atoms with van der Waals surface area (Å²) >= 11 is 3.29. The third-order valence-corrected chi connectivity index (χ3v) is 3.47. The Morgan fingerprint density at radius 2 is 2.10 bits per heavy atom. The van der Waals surface area contributed by atoms with E-state index in [0.717, 1.165) is 12.8 Å². The van der Waals surface area contributed by atoms with Crippen LogP contribution in [0.25, 0.3) is 0 Å². The monoisotopic (exact) mass is 357 g/mol. The van der Waals surface area contributed by atoms with E-state index in [4.69, 9.17) is 9.47 Å². The lowest BCUT2D eigenvalue weighted by Crippen LogP contribution is -2.35. The fraction of sp³-hybridized carbons (Fsp3) is 0.467. The van der Waals surface area contributed by atoms with Gasteiger partial charge in [-0.3, -0.25) is 4.79 Å². The third-order valence-electron chi connectivity index (χ3n) is 2.85. The molecule has 21 heavy (non-hydrogen) atoms. The molecule has 0 bridgehead atoms. The highest BCUT2D eigenvalue weighted by Crippen LogP contribution is 2.25. The highest BCUT2D eigenvalue weighted by molar-refractivity contribution is 9.10. The Bertz CT molecular complexity index is 504. The van der Waals surface area contributed by atoms with Gasteiger partial charge in [0.15, 0.2) is 6.61 Å². The van der Waals surface area contributed by atoms with Crippen molar-refractivity contribution in [3.05, 3.63) is 28.2 Å². The number of amides is 1. The molecule has 1 rings (SSSR count). The summed E-state index contributed by atoms with van der Waals surface area (Å²) < 4.78 is 10.7. The van der Waals surface area contributed by atoms with Crippen LogP contribution in [0, 0.1) is 0 Å². The summed E-state index contributed by atoms with van der Waals surface area (Å²) in [6, 6.07) is 4.92. The molecule has 5 nitrogen and oxygen atoms in total. The molecule has 0 unspecified atom stereocenters. The Balaban J connectivity index is 2.50. The standard InChI is InChI=1S/C15H20BrNO4/c1-4-5-10(2)17-14(18)9-21-15(19)11-6-7-13(20-3)12(16)8-11/h6-8,10H,4-5,9H2,1-3H3,(H,17,18)/t10-/m1/s1. The van der Waals surface area contributed by atoms with Gasteiger partial charge in [0.1, 0.15) is 5.75 Å². The van der Waals surface area contributed by atoms with Crippen LogP contribution in [0.2, 0.25) is 0 Å². The van der Waals surface area contributed by atoms with Crippen LogP contribution in [0.4, 0.5) is 0 Å². The number of rotatable bonds is 7. The minimum Gasteiger partial charge on any atom is -0.496 e. The van der Waals surface area contributed by atoms with E-state index in [9.17, 15) is 9.59 Å². The molecule has 6 heteroatoms. The zero-order chi connectivity index (χ0) is 15.8. The largest absolute Gasteiger partial charge is 0.496 e. The first-order valence-corrected chi connectivity index (χ1v) is 7.57. The van der Waals surface area contributed by atoms with E-state index >= 15 is 0 Å². The summed E-state index contributed by atoms with van der Waals surface area (Å²) in [4.78, 5) is 23.5. The molecule has 0 radical (unpaired) electrons. The van der Waals surface area contributed by atoms with Crippen molar-refractivity contribution in [1.82, 2.24) is 5.32 Å². The summed E-state index contributed by atoms with van der Waals surface area (Å²) in [7, 11) is 1.54. The van der Waals surface area contributed by atoms with Crippen LogP contribution < -0.4 is 10.1 Å². The van der Waals surface area contributed by atoms with Crippen molar-refractivity contribution in [3.63, 3.8) is 0 Å². The Morgan fingerprint density at radius 3 is 2.67 bits per heavy atom. The summed E-state index contributed by atoms with van der Waals surface area (Å²) in [5.74, 6) is -0.216. The van der Waals surface area contributed by atoms with E-state index in [1.54, 1.807) is 25.3 Å². The molecule has 0 aromatic heterocycles. The first kappa shape index (κ1) is 17.5. The van der Waals surface area contributed by atoms with E-state index in [0.29, 0.717) is 15.8 Å². The minimum atomic E-state index is -0.545.